The van der Waals surface area contributed by atoms with Gasteiger partial charge in [0, 0.05) is 25.1 Å². The highest BCUT2D eigenvalue weighted by Gasteiger charge is 2.21. The van der Waals surface area contributed by atoms with Crippen molar-refractivity contribution < 1.29 is 19.1 Å². The normalized spacial score (nSPS) is 12.4. The smallest absolute Gasteiger partial charge is 0.220 e. The topological polar surface area (TPSA) is 79.9 Å². The van der Waals surface area contributed by atoms with Gasteiger partial charge in [-0.25, -0.2) is 0 Å². The SMILES string of the molecule is COc1cc(OCCN(C)CCCC(=O)NC(C)C(C)(C)C)ccc1NC=O. The molecule has 0 spiro atoms. The summed E-state index contributed by atoms with van der Waals surface area (Å²) in [6.07, 6.45) is 1.94. The van der Waals surface area contributed by atoms with Crippen molar-refractivity contribution in [3.8, 4) is 11.5 Å². The summed E-state index contributed by atoms with van der Waals surface area (Å²) >= 11 is 0. The molecule has 0 radical (unpaired) electrons. The number of hydrogen-bond donors (Lipinski definition) is 2. The van der Waals surface area contributed by atoms with Gasteiger partial charge in [0.25, 0.3) is 0 Å². The molecule has 7 heteroatoms. The molecule has 28 heavy (non-hydrogen) atoms. The fourth-order valence-electron chi connectivity index (χ4n) is 2.41. The van der Waals surface area contributed by atoms with Crippen molar-refractivity contribution in [3.05, 3.63) is 18.2 Å². The van der Waals surface area contributed by atoms with Crippen LogP contribution in [0.5, 0.6) is 11.5 Å². The quantitative estimate of drug-likeness (QED) is 0.534. The zero-order chi connectivity index (χ0) is 21.2. The third kappa shape index (κ3) is 8.61. The van der Waals surface area contributed by atoms with Crippen LogP contribution in [-0.2, 0) is 9.59 Å². The van der Waals surface area contributed by atoms with Crippen molar-refractivity contribution in [2.45, 2.75) is 46.6 Å². The molecule has 1 atom stereocenters. The summed E-state index contributed by atoms with van der Waals surface area (Å²) in [5.74, 6) is 1.33. The lowest BCUT2D eigenvalue weighted by atomic mass is 9.88. The van der Waals surface area contributed by atoms with Gasteiger partial charge in [-0.05, 0) is 44.5 Å². The second-order valence-corrected chi connectivity index (χ2v) is 8.03. The Labute approximate surface area is 168 Å². The zero-order valence-corrected chi connectivity index (χ0v) is 18.0. The molecule has 0 aromatic heterocycles. The van der Waals surface area contributed by atoms with Crippen LogP contribution in [0.3, 0.4) is 0 Å². The van der Waals surface area contributed by atoms with E-state index in [1.807, 2.05) is 14.0 Å². The van der Waals surface area contributed by atoms with Crippen molar-refractivity contribution in [1.29, 1.82) is 0 Å². The van der Waals surface area contributed by atoms with Crippen LogP contribution in [0, 0.1) is 5.41 Å². The number of ether oxygens (including phenoxy) is 2. The van der Waals surface area contributed by atoms with Gasteiger partial charge in [-0.15, -0.1) is 0 Å². The van der Waals surface area contributed by atoms with Crippen molar-refractivity contribution >= 4 is 18.0 Å². The number of benzene rings is 1. The van der Waals surface area contributed by atoms with Gasteiger partial charge in [0.2, 0.25) is 12.3 Å². The van der Waals surface area contributed by atoms with Crippen LogP contribution in [0.2, 0.25) is 0 Å². The number of rotatable bonds is 12. The molecule has 158 valence electrons. The maximum absolute atomic E-state index is 12.0. The molecule has 0 aliphatic rings. The third-order valence-electron chi connectivity index (χ3n) is 4.75. The van der Waals surface area contributed by atoms with Gasteiger partial charge in [0.1, 0.15) is 18.1 Å². The van der Waals surface area contributed by atoms with Crippen molar-refractivity contribution in [1.82, 2.24) is 10.2 Å². The molecule has 1 rings (SSSR count). The number of methoxy groups -OCH3 is 1. The fourth-order valence-corrected chi connectivity index (χ4v) is 2.41. The highest BCUT2D eigenvalue weighted by atomic mass is 16.5. The molecular formula is C21H35N3O4. The lowest BCUT2D eigenvalue weighted by Crippen LogP contribution is -2.41. The summed E-state index contributed by atoms with van der Waals surface area (Å²) in [7, 11) is 3.55. The van der Waals surface area contributed by atoms with E-state index in [2.05, 4.69) is 36.3 Å². The Morgan fingerprint density at radius 1 is 1.29 bits per heavy atom. The standard InChI is InChI=1S/C21H35N3O4/c1-16(21(2,3)4)23-20(26)8-7-11-24(5)12-13-28-17-9-10-18(22-15-25)19(14-17)27-6/h9-10,14-16H,7-8,11-13H2,1-6H3,(H,22,25)(H,23,26). The zero-order valence-electron chi connectivity index (χ0n) is 18.0. The summed E-state index contributed by atoms with van der Waals surface area (Å²) in [5, 5.41) is 5.64. The molecule has 1 unspecified atom stereocenters. The Bertz CT molecular complexity index is 629. The second-order valence-electron chi connectivity index (χ2n) is 8.03. The van der Waals surface area contributed by atoms with Crippen LogP contribution in [-0.4, -0.2) is 57.1 Å². The number of carbonyl (C=O) groups excluding carboxylic acids is 2. The molecular weight excluding hydrogens is 358 g/mol. The van der Waals surface area contributed by atoms with Crippen LogP contribution in [0.25, 0.3) is 0 Å². The highest BCUT2D eigenvalue weighted by molar-refractivity contribution is 5.76. The number of anilines is 1. The number of carbonyl (C=O) groups is 2. The van der Waals surface area contributed by atoms with Gasteiger partial charge in [0.05, 0.1) is 12.8 Å². The van der Waals surface area contributed by atoms with Crippen LogP contribution < -0.4 is 20.1 Å². The average Bonchev–Trinajstić information content (AvgIpc) is 2.62. The number of nitrogens with zero attached hydrogens (tertiary/aromatic N) is 1. The Morgan fingerprint density at radius 2 is 2.00 bits per heavy atom. The van der Waals surface area contributed by atoms with Crippen LogP contribution >= 0.6 is 0 Å². The van der Waals surface area contributed by atoms with E-state index >= 15 is 0 Å². The number of hydrogen-bond acceptors (Lipinski definition) is 5. The molecule has 0 heterocycles. The number of nitrogens with one attached hydrogen (secondary N) is 2. The Balaban J connectivity index is 2.29. The first kappa shape index (κ1) is 23.8. The lowest BCUT2D eigenvalue weighted by Gasteiger charge is -2.28. The molecule has 0 saturated carbocycles. The van der Waals surface area contributed by atoms with Crippen LogP contribution in [0.1, 0.15) is 40.5 Å². The highest BCUT2D eigenvalue weighted by Crippen LogP contribution is 2.28. The molecule has 1 aromatic carbocycles. The van der Waals surface area contributed by atoms with Crippen molar-refractivity contribution in [3.63, 3.8) is 0 Å². The first-order valence-corrected chi connectivity index (χ1v) is 9.66. The maximum atomic E-state index is 12.0. The van der Waals surface area contributed by atoms with E-state index in [4.69, 9.17) is 9.47 Å². The number of amides is 2. The summed E-state index contributed by atoms with van der Waals surface area (Å²) < 4.78 is 11.0. The summed E-state index contributed by atoms with van der Waals surface area (Å²) in [6, 6.07) is 5.42. The van der Waals surface area contributed by atoms with E-state index in [9.17, 15) is 9.59 Å². The minimum absolute atomic E-state index is 0.0635. The Hall–Kier alpha value is -2.28. The summed E-state index contributed by atoms with van der Waals surface area (Å²) in [5.41, 5.74) is 0.662. The monoisotopic (exact) mass is 393 g/mol. The molecule has 0 saturated heterocycles. The Morgan fingerprint density at radius 3 is 2.61 bits per heavy atom. The molecule has 7 nitrogen and oxygen atoms in total. The van der Waals surface area contributed by atoms with Gasteiger partial charge in [-0.3, -0.25) is 9.59 Å². The second kappa shape index (κ2) is 11.5. The van der Waals surface area contributed by atoms with E-state index in [0.29, 0.717) is 36.6 Å². The Kier molecular flexibility index (Phi) is 9.79. The largest absolute Gasteiger partial charge is 0.494 e. The van der Waals surface area contributed by atoms with Crippen LogP contribution in [0.4, 0.5) is 5.69 Å². The van der Waals surface area contributed by atoms with E-state index in [1.165, 1.54) is 0 Å². The van der Waals surface area contributed by atoms with Gasteiger partial charge < -0.3 is 25.0 Å². The molecule has 0 aliphatic heterocycles. The van der Waals surface area contributed by atoms with Gasteiger partial charge in [0.15, 0.2) is 0 Å². The summed E-state index contributed by atoms with van der Waals surface area (Å²) in [6.45, 7) is 10.5. The minimum Gasteiger partial charge on any atom is -0.494 e. The van der Waals surface area contributed by atoms with E-state index in [1.54, 1.807) is 25.3 Å². The van der Waals surface area contributed by atoms with Gasteiger partial charge >= 0.3 is 0 Å². The minimum atomic E-state index is 0.0635. The predicted molar refractivity (Wildman–Crippen MR) is 112 cm³/mol. The lowest BCUT2D eigenvalue weighted by molar-refractivity contribution is -0.122. The average molecular weight is 394 g/mol. The third-order valence-corrected chi connectivity index (χ3v) is 4.75. The van der Waals surface area contributed by atoms with E-state index in [0.717, 1.165) is 19.5 Å². The van der Waals surface area contributed by atoms with Gasteiger partial charge in [-0.1, -0.05) is 20.8 Å². The molecule has 2 N–H and O–H groups in total. The molecule has 2 amide bonds. The fraction of sp³-hybridized carbons (Fsp3) is 0.619. The maximum Gasteiger partial charge on any atom is 0.220 e. The molecule has 0 bridgehead atoms. The molecule has 0 aliphatic carbocycles. The van der Waals surface area contributed by atoms with Crippen LogP contribution in [0.15, 0.2) is 18.2 Å². The first-order chi connectivity index (χ1) is 13.2. The van der Waals surface area contributed by atoms with Gasteiger partial charge in [-0.2, -0.15) is 0 Å². The van der Waals surface area contributed by atoms with E-state index in [-0.39, 0.29) is 17.4 Å². The summed E-state index contributed by atoms with van der Waals surface area (Å²) in [4.78, 5) is 24.7. The molecule has 0 fully saturated rings. The number of likely N-dealkylation sites (N-methyl/N-ethyl adjacent to an activating group) is 1. The predicted octanol–water partition coefficient (Wildman–Crippen LogP) is 2.91. The first-order valence-electron chi connectivity index (χ1n) is 9.66. The van der Waals surface area contributed by atoms with Crippen molar-refractivity contribution in [2.75, 3.05) is 39.2 Å². The molecule has 1 aromatic rings. The van der Waals surface area contributed by atoms with E-state index < -0.39 is 0 Å². The van der Waals surface area contributed by atoms with Crippen molar-refractivity contribution in [2.24, 2.45) is 5.41 Å².